The Morgan fingerprint density at radius 1 is 1.27 bits per heavy atom. The van der Waals surface area contributed by atoms with Crippen molar-refractivity contribution in [3.8, 4) is 11.8 Å². The molecular formula is C23H28FN3O3. The summed E-state index contributed by atoms with van der Waals surface area (Å²) in [7, 11) is 0. The fourth-order valence-corrected chi connectivity index (χ4v) is 3.42. The van der Waals surface area contributed by atoms with Gasteiger partial charge >= 0.3 is 6.16 Å². The van der Waals surface area contributed by atoms with Gasteiger partial charge in [0.1, 0.15) is 23.5 Å². The zero-order valence-electron chi connectivity index (χ0n) is 17.3. The highest BCUT2D eigenvalue weighted by Gasteiger charge is 2.18. The number of hydrogen-bond acceptors (Lipinski definition) is 5. The monoisotopic (exact) mass is 413 g/mol. The Bertz CT molecular complexity index is 861. The van der Waals surface area contributed by atoms with Crippen molar-refractivity contribution in [3.63, 3.8) is 0 Å². The third kappa shape index (κ3) is 7.78. The summed E-state index contributed by atoms with van der Waals surface area (Å²) in [6, 6.07) is 6.87. The maximum absolute atomic E-state index is 12.8. The van der Waals surface area contributed by atoms with Crippen LogP contribution in [0.15, 0.2) is 30.5 Å². The van der Waals surface area contributed by atoms with Gasteiger partial charge in [-0.05, 0) is 43.9 Å². The average Bonchev–Trinajstić information content (AvgIpc) is 2.75. The summed E-state index contributed by atoms with van der Waals surface area (Å²) in [5, 5.41) is 16.5. The second-order valence-corrected chi connectivity index (χ2v) is 7.32. The predicted molar refractivity (Wildman–Crippen MR) is 111 cm³/mol. The number of unbranched alkanes of at least 4 members (excludes halogenated alkanes) is 2. The van der Waals surface area contributed by atoms with E-state index in [1.807, 2.05) is 6.20 Å². The molecule has 1 N–H and O–H groups in total. The molecule has 2 aromatic rings. The Labute approximate surface area is 176 Å². The van der Waals surface area contributed by atoms with Crippen LogP contribution in [0.5, 0.6) is 5.75 Å². The minimum absolute atomic E-state index is 0.149. The number of rotatable bonds is 6. The van der Waals surface area contributed by atoms with E-state index < -0.39 is 12.0 Å². The molecule has 1 aliphatic rings. The molecule has 1 aliphatic carbocycles. The first-order valence-electron chi connectivity index (χ1n) is 10.5. The molecule has 0 atom stereocenters. The van der Waals surface area contributed by atoms with Crippen molar-refractivity contribution in [3.05, 3.63) is 53.4 Å². The molecule has 30 heavy (non-hydrogen) atoms. The fourth-order valence-electron chi connectivity index (χ4n) is 3.42. The van der Waals surface area contributed by atoms with Crippen molar-refractivity contribution in [2.24, 2.45) is 0 Å². The SMILES string of the molecule is CCCCCc1ccnc(C2CCCCC2)n1.N#Cc1ccc(OC(=O)O)cc1F. The van der Waals surface area contributed by atoms with E-state index in [-0.39, 0.29) is 11.3 Å². The second-order valence-electron chi connectivity index (χ2n) is 7.32. The third-order valence-corrected chi connectivity index (χ3v) is 5.00. The lowest BCUT2D eigenvalue weighted by Gasteiger charge is -2.20. The van der Waals surface area contributed by atoms with Crippen LogP contribution in [0.3, 0.4) is 0 Å². The summed E-state index contributed by atoms with van der Waals surface area (Å²) in [5.41, 5.74) is 1.09. The number of ether oxygens (including phenoxy) is 1. The predicted octanol–water partition coefficient (Wildman–Crippen LogP) is 6.01. The van der Waals surface area contributed by atoms with E-state index in [1.54, 1.807) is 6.07 Å². The van der Waals surface area contributed by atoms with Crippen LogP contribution in [0.4, 0.5) is 9.18 Å². The lowest BCUT2D eigenvalue weighted by atomic mass is 9.88. The van der Waals surface area contributed by atoms with Gasteiger partial charge in [-0.15, -0.1) is 0 Å². The molecule has 3 rings (SSSR count). The van der Waals surface area contributed by atoms with Crippen LogP contribution in [0.1, 0.15) is 81.3 Å². The van der Waals surface area contributed by atoms with E-state index in [9.17, 15) is 9.18 Å². The molecule has 1 aromatic heterocycles. The zero-order chi connectivity index (χ0) is 21.8. The Kier molecular flexibility index (Phi) is 9.72. The molecule has 1 fully saturated rings. The first-order chi connectivity index (χ1) is 14.5. The van der Waals surface area contributed by atoms with Crippen LogP contribution in [0, 0.1) is 17.1 Å². The van der Waals surface area contributed by atoms with Crippen LogP contribution in [-0.2, 0) is 6.42 Å². The smallest absolute Gasteiger partial charge is 0.449 e. The molecule has 1 aromatic carbocycles. The number of hydrogen-bond donors (Lipinski definition) is 1. The molecular weight excluding hydrogens is 385 g/mol. The molecule has 7 heteroatoms. The number of nitrogens with zero attached hydrogens (tertiary/aromatic N) is 3. The van der Waals surface area contributed by atoms with Crippen molar-refractivity contribution in [1.29, 1.82) is 5.26 Å². The summed E-state index contributed by atoms with van der Waals surface area (Å²) in [6.45, 7) is 2.24. The number of aryl methyl sites for hydroxylation is 1. The topological polar surface area (TPSA) is 96.1 Å². The molecule has 0 spiro atoms. The molecule has 0 bridgehead atoms. The molecule has 0 aliphatic heterocycles. The number of nitriles is 1. The summed E-state index contributed by atoms with van der Waals surface area (Å²) in [5.74, 6) is 0.791. The maximum Gasteiger partial charge on any atom is 0.511 e. The van der Waals surface area contributed by atoms with E-state index in [4.69, 9.17) is 15.4 Å². The van der Waals surface area contributed by atoms with Crippen molar-refractivity contribution in [2.45, 2.75) is 70.6 Å². The molecule has 0 unspecified atom stereocenters. The Morgan fingerprint density at radius 3 is 2.67 bits per heavy atom. The number of halogens is 1. The van der Waals surface area contributed by atoms with Gasteiger partial charge in [0.15, 0.2) is 0 Å². The van der Waals surface area contributed by atoms with Gasteiger partial charge in [0.05, 0.1) is 5.56 Å². The van der Waals surface area contributed by atoms with Gasteiger partial charge in [-0.3, -0.25) is 0 Å². The quantitative estimate of drug-likeness (QED) is 0.354. The number of carbonyl (C=O) groups is 1. The lowest BCUT2D eigenvalue weighted by molar-refractivity contribution is 0.144. The van der Waals surface area contributed by atoms with E-state index in [0.29, 0.717) is 5.92 Å². The van der Waals surface area contributed by atoms with E-state index in [1.165, 1.54) is 63.1 Å². The van der Waals surface area contributed by atoms with E-state index >= 15 is 0 Å². The molecule has 6 nitrogen and oxygen atoms in total. The molecule has 160 valence electrons. The van der Waals surface area contributed by atoms with Gasteiger partial charge in [-0.1, -0.05) is 39.0 Å². The fraction of sp³-hybridized carbons (Fsp3) is 0.478. The van der Waals surface area contributed by atoms with E-state index in [0.717, 1.165) is 24.4 Å². The highest BCUT2D eigenvalue weighted by Crippen LogP contribution is 2.30. The third-order valence-electron chi connectivity index (χ3n) is 5.00. The number of carboxylic acid groups (broad SMARTS) is 1. The highest BCUT2D eigenvalue weighted by molar-refractivity contribution is 5.61. The summed E-state index contributed by atoms with van der Waals surface area (Å²) >= 11 is 0. The Balaban J connectivity index is 0.000000222. The normalized spacial score (nSPS) is 13.6. The van der Waals surface area contributed by atoms with Gasteiger partial charge in [0.2, 0.25) is 0 Å². The van der Waals surface area contributed by atoms with Gasteiger partial charge in [-0.25, -0.2) is 19.2 Å². The summed E-state index contributed by atoms with van der Waals surface area (Å²) in [6.07, 6.45) is 12.1. The highest BCUT2D eigenvalue weighted by atomic mass is 19.1. The zero-order valence-corrected chi connectivity index (χ0v) is 17.3. The van der Waals surface area contributed by atoms with Crippen molar-refractivity contribution in [2.75, 3.05) is 0 Å². The van der Waals surface area contributed by atoms with Crippen LogP contribution in [-0.4, -0.2) is 21.2 Å². The van der Waals surface area contributed by atoms with Crippen LogP contribution < -0.4 is 4.74 Å². The van der Waals surface area contributed by atoms with Crippen LogP contribution >= 0.6 is 0 Å². The molecule has 0 amide bonds. The standard InChI is InChI=1S/C15H24N2.C8H4FNO3/c1-2-3-5-10-14-11-12-16-15(17-14)13-8-6-4-7-9-13;9-7-3-6(13-8(11)12)2-1-5(7)4-10/h11-13H,2-10H2,1H3;1-3H,(H,11,12). The Hall–Kier alpha value is -3.01. The van der Waals surface area contributed by atoms with Gasteiger partial charge in [0.25, 0.3) is 0 Å². The van der Waals surface area contributed by atoms with E-state index in [2.05, 4.69) is 22.7 Å². The molecule has 1 heterocycles. The summed E-state index contributed by atoms with van der Waals surface area (Å²) in [4.78, 5) is 19.3. The molecule has 1 saturated carbocycles. The minimum Gasteiger partial charge on any atom is -0.449 e. The van der Waals surface area contributed by atoms with Crippen molar-refractivity contribution >= 4 is 6.16 Å². The van der Waals surface area contributed by atoms with Crippen molar-refractivity contribution < 1.29 is 19.0 Å². The minimum atomic E-state index is -1.52. The van der Waals surface area contributed by atoms with Crippen LogP contribution in [0.2, 0.25) is 0 Å². The molecule has 0 radical (unpaired) electrons. The molecule has 0 saturated heterocycles. The first-order valence-corrected chi connectivity index (χ1v) is 10.5. The first kappa shape index (κ1) is 23.3. The van der Waals surface area contributed by atoms with Crippen molar-refractivity contribution in [1.82, 2.24) is 9.97 Å². The lowest BCUT2D eigenvalue weighted by Crippen LogP contribution is -2.09. The number of benzene rings is 1. The summed E-state index contributed by atoms with van der Waals surface area (Å²) < 4.78 is 17.0. The van der Waals surface area contributed by atoms with Gasteiger partial charge in [0, 0.05) is 23.9 Å². The average molecular weight is 413 g/mol. The number of aromatic nitrogens is 2. The Morgan fingerprint density at radius 2 is 2.03 bits per heavy atom. The van der Waals surface area contributed by atoms with Gasteiger partial charge in [-0.2, -0.15) is 5.26 Å². The van der Waals surface area contributed by atoms with Gasteiger partial charge < -0.3 is 9.84 Å². The maximum atomic E-state index is 12.8. The van der Waals surface area contributed by atoms with Crippen LogP contribution in [0.25, 0.3) is 0 Å². The largest absolute Gasteiger partial charge is 0.511 e. The second kappa shape index (κ2) is 12.5.